The minimum atomic E-state index is 0.282. The monoisotopic (exact) mass is 206 g/mol. The minimum Gasteiger partial charge on any atom is -0.295 e. The Bertz CT molecular complexity index is 296. The summed E-state index contributed by atoms with van der Waals surface area (Å²) in [5.41, 5.74) is 2.66. The van der Waals surface area contributed by atoms with Gasteiger partial charge in [-0.15, -0.1) is 0 Å². The molecule has 84 valence electrons. The fourth-order valence-corrected chi connectivity index (χ4v) is 2.13. The number of rotatable bonds is 4. The van der Waals surface area contributed by atoms with Gasteiger partial charge in [0.05, 0.1) is 0 Å². The summed E-state index contributed by atoms with van der Waals surface area (Å²) < 4.78 is 0. The number of carbonyl (C=O) groups is 1. The number of hydrogen-bond acceptors (Lipinski definition) is 1. The van der Waals surface area contributed by atoms with Crippen LogP contribution in [0.2, 0.25) is 0 Å². The Labute approximate surface area is 93.3 Å². The second-order valence-corrected chi connectivity index (χ2v) is 4.77. The van der Waals surface area contributed by atoms with Crippen molar-refractivity contribution in [1.29, 1.82) is 0 Å². The molecular formula is C14H22O. The van der Waals surface area contributed by atoms with Gasteiger partial charge in [0.15, 0.2) is 5.78 Å². The lowest BCUT2D eigenvalue weighted by Gasteiger charge is -2.14. The molecule has 0 aromatic carbocycles. The SMILES string of the molecule is CCCC(C)/C(C)=C\C1CC(=O)C=C1C. The molecule has 0 bridgehead atoms. The van der Waals surface area contributed by atoms with E-state index >= 15 is 0 Å². The first-order valence-electron chi connectivity index (χ1n) is 5.94. The van der Waals surface area contributed by atoms with Crippen LogP contribution in [0, 0.1) is 11.8 Å². The second-order valence-electron chi connectivity index (χ2n) is 4.77. The summed E-state index contributed by atoms with van der Waals surface area (Å²) in [5.74, 6) is 1.31. The van der Waals surface area contributed by atoms with Crippen LogP contribution in [-0.4, -0.2) is 5.78 Å². The van der Waals surface area contributed by atoms with E-state index in [1.807, 2.05) is 0 Å². The quantitative estimate of drug-likeness (QED) is 0.637. The normalized spacial score (nSPS) is 24.3. The second kappa shape index (κ2) is 5.29. The summed E-state index contributed by atoms with van der Waals surface area (Å²) in [6.07, 6.45) is 7.23. The minimum absolute atomic E-state index is 0.282. The van der Waals surface area contributed by atoms with Crippen molar-refractivity contribution in [3.63, 3.8) is 0 Å². The van der Waals surface area contributed by atoms with Crippen LogP contribution < -0.4 is 0 Å². The third-order valence-corrected chi connectivity index (χ3v) is 3.36. The summed E-state index contributed by atoms with van der Waals surface area (Å²) in [6, 6.07) is 0. The Morgan fingerprint density at radius 2 is 2.33 bits per heavy atom. The fraction of sp³-hybridized carbons (Fsp3) is 0.643. The molecule has 1 heteroatoms. The van der Waals surface area contributed by atoms with Gasteiger partial charge in [-0.05, 0) is 32.3 Å². The van der Waals surface area contributed by atoms with Crippen LogP contribution in [0.5, 0.6) is 0 Å². The van der Waals surface area contributed by atoms with E-state index in [1.165, 1.54) is 24.0 Å². The van der Waals surface area contributed by atoms with Gasteiger partial charge >= 0.3 is 0 Å². The molecule has 15 heavy (non-hydrogen) atoms. The molecule has 0 radical (unpaired) electrons. The van der Waals surface area contributed by atoms with Crippen LogP contribution >= 0.6 is 0 Å². The lowest BCUT2D eigenvalue weighted by Crippen LogP contribution is -2.01. The first kappa shape index (κ1) is 12.2. The number of carbonyl (C=O) groups excluding carboxylic acids is 1. The molecule has 0 spiro atoms. The van der Waals surface area contributed by atoms with Crippen LogP contribution in [0.3, 0.4) is 0 Å². The molecular weight excluding hydrogens is 184 g/mol. The molecule has 1 rings (SSSR count). The maximum atomic E-state index is 11.2. The zero-order valence-electron chi connectivity index (χ0n) is 10.3. The Kier molecular flexibility index (Phi) is 4.31. The number of ketones is 1. The molecule has 1 nitrogen and oxygen atoms in total. The van der Waals surface area contributed by atoms with E-state index in [-0.39, 0.29) is 5.78 Å². The highest BCUT2D eigenvalue weighted by atomic mass is 16.1. The van der Waals surface area contributed by atoms with Crippen LogP contribution in [0.1, 0.15) is 47.0 Å². The highest BCUT2D eigenvalue weighted by molar-refractivity contribution is 5.93. The van der Waals surface area contributed by atoms with Crippen molar-refractivity contribution in [2.24, 2.45) is 11.8 Å². The molecule has 1 aliphatic rings. The van der Waals surface area contributed by atoms with E-state index < -0.39 is 0 Å². The topological polar surface area (TPSA) is 17.1 Å². The third-order valence-electron chi connectivity index (χ3n) is 3.36. The standard InChI is InChI=1S/C14H22O/c1-5-6-10(2)11(3)7-13-9-14(15)8-12(13)4/h7-8,10,13H,5-6,9H2,1-4H3/b11-7-. The van der Waals surface area contributed by atoms with Gasteiger partial charge in [0, 0.05) is 12.3 Å². The van der Waals surface area contributed by atoms with Gasteiger partial charge in [-0.2, -0.15) is 0 Å². The molecule has 0 amide bonds. The van der Waals surface area contributed by atoms with Gasteiger partial charge in [0.25, 0.3) is 0 Å². The average molecular weight is 206 g/mol. The Morgan fingerprint density at radius 1 is 1.67 bits per heavy atom. The first-order chi connectivity index (χ1) is 7.04. The molecule has 2 atom stereocenters. The van der Waals surface area contributed by atoms with Crippen LogP contribution in [0.15, 0.2) is 23.3 Å². The lowest BCUT2D eigenvalue weighted by atomic mass is 9.92. The van der Waals surface area contributed by atoms with Crippen LogP contribution in [0.25, 0.3) is 0 Å². The van der Waals surface area contributed by atoms with E-state index in [9.17, 15) is 4.79 Å². The molecule has 0 N–H and O–H groups in total. The van der Waals surface area contributed by atoms with E-state index in [0.717, 1.165) is 0 Å². The summed E-state index contributed by atoms with van der Waals surface area (Å²) in [5, 5.41) is 0. The van der Waals surface area contributed by atoms with Gasteiger partial charge in [-0.25, -0.2) is 0 Å². The molecule has 0 fully saturated rings. The average Bonchev–Trinajstić information content (AvgIpc) is 2.45. The number of allylic oxidation sites excluding steroid dienone is 4. The molecule has 0 heterocycles. The van der Waals surface area contributed by atoms with Crippen LogP contribution in [-0.2, 0) is 4.79 Å². The predicted molar refractivity (Wildman–Crippen MR) is 64.7 cm³/mol. The molecule has 0 aromatic heterocycles. The summed E-state index contributed by atoms with van der Waals surface area (Å²) in [6.45, 7) is 8.74. The highest BCUT2D eigenvalue weighted by Gasteiger charge is 2.20. The molecule has 1 aliphatic carbocycles. The smallest absolute Gasteiger partial charge is 0.156 e. The zero-order valence-corrected chi connectivity index (χ0v) is 10.3. The number of hydrogen-bond donors (Lipinski definition) is 0. The van der Waals surface area contributed by atoms with E-state index in [0.29, 0.717) is 18.3 Å². The van der Waals surface area contributed by atoms with Crippen molar-refractivity contribution < 1.29 is 4.79 Å². The maximum absolute atomic E-state index is 11.2. The molecule has 0 saturated heterocycles. The fourth-order valence-electron chi connectivity index (χ4n) is 2.13. The van der Waals surface area contributed by atoms with Gasteiger partial charge in [0.1, 0.15) is 0 Å². The summed E-state index contributed by atoms with van der Waals surface area (Å²) in [7, 11) is 0. The summed E-state index contributed by atoms with van der Waals surface area (Å²) >= 11 is 0. The van der Waals surface area contributed by atoms with Gasteiger partial charge in [0.2, 0.25) is 0 Å². The lowest BCUT2D eigenvalue weighted by molar-refractivity contribution is -0.114. The van der Waals surface area contributed by atoms with Gasteiger partial charge < -0.3 is 0 Å². The van der Waals surface area contributed by atoms with Crippen molar-refractivity contribution in [3.8, 4) is 0 Å². The molecule has 0 aliphatic heterocycles. The Hall–Kier alpha value is -0.850. The highest BCUT2D eigenvalue weighted by Crippen LogP contribution is 2.27. The molecule has 0 aromatic rings. The van der Waals surface area contributed by atoms with Gasteiger partial charge in [-0.3, -0.25) is 4.79 Å². The van der Waals surface area contributed by atoms with E-state index in [2.05, 4.69) is 33.8 Å². The van der Waals surface area contributed by atoms with E-state index in [4.69, 9.17) is 0 Å². The molecule has 2 unspecified atom stereocenters. The summed E-state index contributed by atoms with van der Waals surface area (Å²) in [4.78, 5) is 11.2. The predicted octanol–water partition coefficient (Wildman–Crippen LogP) is 3.90. The van der Waals surface area contributed by atoms with Crippen molar-refractivity contribution in [2.45, 2.75) is 47.0 Å². The van der Waals surface area contributed by atoms with Crippen molar-refractivity contribution in [3.05, 3.63) is 23.3 Å². The van der Waals surface area contributed by atoms with E-state index in [1.54, 1.807) is 6.08 Å². The first-order valence-corrected chi connectivity index (χ1v) is 5.94. The Morgan fingerprint density at radius 3 is 2.80 bits per heavy atom. The van der Waals surface area contributed by atoms with Gasteiger partial charge in [-0.1, -0.05) is 37.5 Å². The maximum Gasteiger partial charge on any atom is 0.156 e. The third kappa shape index (κ3) is 3.33. The van der Waals surface area contributed by atoms with Crippen molar-refractivity contribution >= 4 is 5.78 Å². The molecule has 0 saturated carbocycles. The zero-order chi connectivity index (χ0) is 11.4. The van der Waals surface area contributed by atoms with Crippen molar-refractivity contribution in [2.75, 3.05) is 0 Å². The Balaban J connectivity index is 2.63. The largest absolute Gasteiger partial charge is 0.295 e. The van der Waals surface area contributed by atoms with Crippen molar-refractivity contribution in [1.82, 2.24) is 0 Å². The van der Waals surface area contributed by atoms with Crippen LogP contribution in [0.4, 0.5) is 0 Å².